The second-order valence-electron chi connectivity index (χ2n) is 4.25. The molecule has 0 aromatic carbocycles. The Kier molecular flexibility index (Phi) is 3.84. The van der Waals surface area contributed by atoms with E-state index in [9.17, 15) is 4.79 Å². The minimum Gasteiger partial charge on any atom is -0.365 e. The fourth-order valence-corrected chi connectivity index (χ4v) is 2.14. The molecule has 0 aliphatic carbocycles. The number of hydrogen-bond donors (Lipinski definition) is 1. The molecule has 2 heterocycles. The van der Waals surface area contributed by atoms with E-state index in [0.717, 1.165) is 25.3 Å². The van der Waals surface area contributed by atoms with Gasteiger partial charge in [0.05, 0.1) is 11.1 Å². The van der Waals surface area contributed by atoms with Crippen LogP contribution in [0.5, 0.6) is 0 Å². The molecule has 1 aliphatic rings. The number of halogens is 1. The number of rotatable bonds is 4. The fourth-order valence-electron chi connectivity index (χ4n) is 2.03. The third-order valence-corrected chi connectivity index (χ3v) is 3.01. The number of carbonyl (C=O) groups excluding carboxylic acids is 1. The van der Waals surface area contributed by atoms with Crippen LogP contribution in [-0.2, 0) is 4.79 Å². The van der Waals surface area contributed by atoms with Crippen molar-refractivity contribution in [3.63, 3.8) is 0 Å². The van der Waals surface area contributed by atoms with E-state index >= 15 is 0 Å². The van der Waals surface area contributed by atoms with Crippen LogP contribution in [0.4, 0.5) is 5.82 Å². The average Bonchev–Trinajstić information content (AvgIpc) is 2.63. The predicted octanol–water partition coefficient (Wildman–Crippen LogP) is 2.16. The summed E-state index contributed by atoms with van der Waals surface area (Å²) in [6.07, 6.45) is 3.15. The van der Waals surface area contributed by atoms with Crippen LogP contribution in [0.2, 0.25) is 5.02 Å². The van der Waals surface area contributed by atoms with Gasteiger partial charge in [-0.15, -0.1) is 0 Å². The van der Waals surface area contributed by atoms with Crippen molar-refractivity contribution in [3.8, 4) is 0 Å². The van der Waals surface area contributed by atoms with Crippen molar-refractivity contribution in [1.29, 1.82) is 0 Å². The van der Waals surface area contributed by atoms with E-state index in [0.29, 0.717) is 11.4 Å². The maximum Gasteiger partial charge on any atom is 0.224 e. The van der Waals surface area contributed by atoms with Gasteiger partial charge in [0, 0.05) is 25.7 Å². The zero-order valence-electron chi connectivity index (χ0n) is 9.82. The Morgan fingerprint density at radius 1 is 1.59 bits per heavy atom. The Morgan fingerprint density at radius 3 is 3.06 bits per heavy atom. The largest absolute Gasteiger partial charge is 0.365 e. The average molecular weight is 254 g/mol. The van der Waals surface area contributed by atoms with Crippen LogP contribution >= 0.6 is 11.6 Å². The highest BCUT2D eigenvalue weighted by Gasteiger charge is 2.28. The number of aromatic nitrogens is 1. The Labute approximate surface area is 106 Å². The molecule has 1 aromatic rings. The van der Waals surface area contributed by atoms with Crippen molar-refractivity contribution < 1.29 is 4.79 Å². The van der Waals surface area contributed by atoms with Gasteiger partial charge in [-0.3, -0.25) is 4.79 Å². The molecule has 92 valence electrons. The van der Waals surface area contributed by atoms with Crippen LogP contribution in [0.25, 0.3) is 0 Å². The van der Waals surface area contributed by atoms with Crippen molar-refractivity contribution in [3.05, 3.63) is 23.4 Å². The molecule has 1 aromatic heterocycles. The molecule has 1 unspecified atom stereocenters. The molecule has 1 N–H and O–H groups in total. The van der Waals surface area contributed by atoms with Crippen LogP contribution in [0.15, 0.2) is 18.3 Å². The summed E-state index contributed by atoms with van der Waals surface area (Å²) < 4.78 is 0. The summed E-state index contributed by atoms with van der Waals surface area (Å²) in [5, 5.41) is 3.87. The second-order valence-corrected chi connectivity index (χ2v) is 4.68. The molecule has 1 fully saturated rings. The second kappa shape index (κ2) is 5.36. The summed E-state index contributed by atoms with van der Waals surface area (Å²) in [4.78, 5) is 17.7. The smallest absolute Gasteiger partial charge is 0.224 e. The van der Waals surface area contributed by atoms with Crippen molar-refractivity contribution in [2.75, 3.05) is 18.4 Å². The van der Waals surface area contributed by atoms with Crippen molar-refractivity contribution in [2.45, 2.75) is 25.8 Å². The summed E-state index contributed by atoms with van der Waals surface area (Å²) in [6, 6.07) is 3.77. The molecule has 5 heteroatoms. The first-order valence-electron chi connectivity index (χ1n) is 5.85. The summed E-state index contributed by atoms with van der Waals surface area (Å²) in [5.41, 5.74) is 0. The summed E-state index contributed by atoms with van der Waals surface area (Å²) >= 11 is 5.76. The molecular formula is C12H16ClN3O. The number of likely N-dealkylation sites (tertiary alicyclic amines) is 1. The van der Waals surface area contributed by atoms with E-state index in [1.54, 1.807) is 12.3 Å². The Hall–Kier alpha value is -1.29. The van der Waals surface area contributed by atoms with Gasteiger partial charge >= 0.3 is 0 Å². The molecule has 4 nitrogen and oxygen atoms in total. The SMILES string of the molecule is CCCN1CC(Nc2ccc(Cl)cn2)CC1=O. The lowest BCUT2D eigenvalue weighted by molar-refractivity contribution is -0.127. The standard InChI is InChI=1S/C12H16ClN3O/c1-2-5-16-8-10(6-12(16)17)15-11-4-3-9(13)7-14-11/h3-4,7,10H,2,5-6,8H2,1H3,(H,14,15). The highest BCUT2D eigenvalue weighted by Crippen LogP contribution is 2.17. The van der Waals surface area contributed by atoms with Gasteiger partial charge in [-0.05, 0) is 18.6 Å². The molecule has 0 saturated carbocycles. The van der Waals surface area contributed by atoms with Gasteiger partial charge in [-0.25, -0.2) is 4.98 Å². The van der Waals surface area contributed by atoms with Gasteiger partial charge in [0.1, 0.15) is 5.82 Å². The number of amides is 1. The minimum atomic E-state index is 0.155. The molecule has 1 aliphatic heterocycles. The van der Waals surface area contributed by atoms with Gasteiger partial charge in [0.15, 0.2) is 0 Å². The number of anilines is 1. The summed E-state index contributed by atoms with van der Waals surface area (Å²) in [6.45, 7) is 3.68. The Balaban J connectivity index is 1.93. The van der Waals surface area contributed by atoms with Gasteiger partial charge in [0.25, 0.3) is 0 Å². The number of nitrogens with one attached hydrogen (secondary N) is 1. The predicted molar refractivity (Wildman–Crippen MR) is 68.1 cm³/mol. The van der Waals surface area contributed by atoms with Gasteiger partial charge in [0.2, 0.25) is 5.91 Å². The first-order chi connectivity index (χ1) is 8.19. The van der Waals surface area contributed by atoms with E-state index < -0.39 is 0 Å². The maximum absolute atomic E-state index is 11.7. The fraction of sp³-hybridized carbons (Fsp3) is 0.500. The highest BCUT2D eigenvalue weighted by molar-refractivity contribution is 6.30. The van der Waals surface area contributed by atoms with Crippen LogP contribution in [0.3, 0.4) is 0 Å². The monoisotopic (exact) mass is 253 g/mol. The first-order valence-corrected chi connectivity index (χ1v) is 6.22. The van der Waals surface area contributed by atoms with Crippen LogP contribution in [0.1, 0.15) is 19.8 Å². The number of carbonyl (C=O) groups is 1. The maximum atomic E-state index is 11.7. The molecule has 2 rings (SSSR count). The lowest BCUT2D eigenvalue weighted by Gasteiger charge is -2.16. The third kappa shape index (κ3) is 3.09. The zero-order valence-corrected chi connectivity index (χ0v) is 10.6. The quantitative estimate of drug-likeness (QED) is 0.894. The summed E-state index contributed by atoms with van der Waals surface area (Å²) in [5.74, 6) is 0.990. The van der Waals surface area contributed by atoms with E-state index in [2.05, 4.69) is 17.2 Å². The first kappa shape index (κ1) is 12.2. The number of pyridine rings is 1. The molecule has 1 atom stereocenters. The number of nitrogens with zero attached hydrogens (tertiary/aromatic N) is 2. The van der Waals surface area contributed by atoms with E-state index in [-0.39, 0.29) is 11.9 Å². The lowest BCUT2D eigenvalue weighted by Crippen LogP contribution is -2.28. The topological polar surface area (TPSA) is 45.2 Å². The van der Waals surface area contributed by atoms with Crippen LogP contribution in [-0.4, -0.2) is 34.9 Å². The van der Waals surface area contributed by atoms with Crippen LogP contribution < -0.4 is 5.32 Å². The Bertz CT molecular complexity index is 393. The molecular weight excluding hydrogens is 238 g/mol. The van der Waals surface area contributed by atoms with Crippen molar-refractivity contribution >= 4 is 23.3 Å². The number of hydrogen-bond acceptors (Lipinski definition) is 3. The molecule has 1 amide bonds. The van der Waals surface area contributed by atoms with Crippen LogP contribution in [0, 0.1) is 0 Å². The molecule has 1 saturated heterocycles. The van der Waals surface area contributed by atoms with Gasteiger partial charge in [-0.1, -0.05) is 18.5 Å². The molecule has 0 radical (unpaired) electrons. The van der Waals surface area contributed by atoms with Gasteiger partial charge < -0.3 is 10.2 Å². The molecule has 0 spiro atoms. The molecule has 0 bridgehead atoms. The minimum absolute atomic E-state index is 0.155. The molecule has 17 heavy (non-hydrogen) atoms. The third-order valence-electron chi connectivity index (χ3n) is 2.79. The zero-order chi connectivity index (χ0) is 12.3. The normalized spacial score (nSPS) is 19.8. The summed E-state index contributed by atoms with van der Waals surface area (Å²) in [7, 11) is 0. The van der Waals surface area contributed by atoms with E-state index in [4.69, 9.17) is 11.6 Å². The highest BCUT2D eigenvalue weighted by atomic mass is 35.5. The van der Waals surface area contributed by atoms with Crippen molar-refractivity contribution in [1.82, 2.24) is 9.88 Å². The van der Waals surface area contributed by atoms with Crippen molar-refractivity contribution in [2.24, 2.45) is 0 Å². The Morgan fingerprint density at radius 2 is 2.41 bits per heavy atom. The van der Waals surface area contributed by atoms with E-state index in [1.165, 1.54) is 0 Å². The lowest BCUT2D eigenvalue weighted by atomic mass is 10.2. The van der Waals surface area contributed by atoms with Gasteiger partial charge in [-0.2, -0.15) is 0 Å². The van der Waals surface area contributed by atoms with E-state index in [1.807, 2.05) is 11.0 Å².